The fourth-order valence-electron chi connectivity index (χ4n) is 1.58. The molecule has 0 saturated heterocycles. The van der Waals surface area contributed by atoms with E-state index >= 15 is 0 Å². The van der Waals surface area contributed by atoms with E-state index in [9.17, 15) is 5.11 Å². The molecule has 0 atom stereocenters. The third-order valence-electron chi connectivity index (χ3n) is 2.17. The highest BCUT2D eigenvalue weighted by molar-refractivity contribution is 6.45. The second-order valence-corrected chi connectivity index (χ2v) is 3.35. The molecule has 4 heteroatoms. The number of hydrogen-bond acceptors (Lipinski definition) is 3. The van der Waals surface area contributed by atoms with E-state index in [1.807, 2.05) is 0 Å². The van der Waals surface area contributed by atoms with Gasteiger partial charge in [-0.25, -0.2) is 0 Å². The van der Waals surface area contributed by atoms with Crippen LogP contribution < -0.4 is 5.23 Å². The summed E-state index contributed by atoms with van der Waals surface area (Å²) < 4.78 is 0. The lowest BCUT2D eigenvalue weighted by Gasteiger charge is -2.26. The molecule has 0 aliphatic heterocycles. The lowest BCUT2D eigenvalue weighted by atomic mass is 9.83. The molecule has 0 heterocycles. The third kappa shape index (κ3) is 3.23. The fraction of sp³-hybridized carbons (Fsp3) is 1.00. The summed E-state index contributed by atoms with van der Waals surface area (Å²) in [6.45, 7) is 1.73. The zero-order chi connectivity index (χ0) is 8.27. The SMILES string of the molecule is CB(O)NC1CCC(O)CC1. The van der Waals surface area contributed by atoms with Crippen molar-refractivity contribution in [2.45, 2.75) is 44.7 Å². The highest BCUT2D eigenvalue weighted by Gasteiger charge is 2.20. The molecule has 0 aromatic heterocycles. The molecule has 1 aliphatic rings. The molecule has 64 valence electrons. The molecule has 0 radical (unpaired) electrons. The van der Waals surface area contributed by atoms with E-state index in [4.69, 9.17) is 5.02 Å². The van der Waals surface area contributed by atoms with Crippen molar-refractivity contribution in [3.8, 4) is 0 Å². The van der Waals surface area contributed by atoms with E-state index < -0.39 is 7.05 Å². The van der Waals surface area contributed by atoms with Crippen LogP contribution in [0.15, 0.2) is 0 Å². The first-order chi connectivity index (χ1) is 5.18. The van der Waals surface area contributed by atoms with Crippen molar-refractivity contribution in [2.24, 2.45) is 0 Å². The molecule has 0 unspecified atom stereocenters. The highest BCUT2D eigenvalue weighted by Crippen LogP contribution is 2.17. The van der Waals surface area contributed by atoms with Crippen molar-refractivity contribution in [1.82, 2.24) is 5.23 Å². The molecule has 1 fully saturated rings. The summed E-state index contributed by atoms with van der Waals surface area (Å²) >= 11 is 0. The van der Waals surface area contributed by atoms with Gasteiger partial charge in [0.15, 0.2) is 0 Å². The number of hydrogen-bond donors (Lipinski definition) is 3. The largest absolute Gasteiger partial charge is 0.437 e. The van der Waals surface area contributed by atoms with Crippen LogP contribution in [0.3, 0.4) is 0 Å². The average Bonchev–Trinajstić information content (AvgIpc) is 1.93. The van der Waals surface area contributed by atoms with Crippen LogP contribution in [0.25, 0.3) is 0 Å². The van der Waals surface area contributed by atoms with Gasteiger partial charge in [0.05, 0.1) is 6.10 Å². The minimum Gasteiger partial charge on any atom is -0.437 e. The predicted molar refractivity (Wildman–Crippen MR) is 45.2 cm³/mol. The summed E-state index contributed by atoms with van der Waals surface area (Å²) in [5.41, 5.74) is 0. The molecule has 11 heavy (non-hydrogen) atoms. The van der Waals surface area contributed by atoms with Gasteiger partial charge in [-0.3, -0.25) is 0 Å². The Morgan fingerprint density at radius 3 is 2.27 bits per heavy atom. The molecule has 0 aromatic carbocycles. The molecular weight excluding hydrogens is 141 g/mol. The van der Waals surface area contributed by atoms with Gasteiger partial charge >= 0.3 is 7.05 Å². The fourth-order valence-corrected chi connectivity index (χ4v) is 1.58. The summed E-state index contributed by atoms with van der Waals surface area (Å²) in [5.74, 6) is 0. The summed E-state index contributed by atoms with van der Waals surface area (Å²) in [5, 5.41) is 21.2. The summed E-state index contributed by atoms with van der Waals surface area (Å²) in [6.07, 6.45) is 3.58. The molecule has 0 bridgehead atoms. The van der Waals surface area contributed by atoms with Crippen molar-refractivity contribution in [1.29, 1.82) is 0 Å². The normalized spacial score (nSPS) is 31.9. The van der Waals surface area contributed by atoms with Crippen LogP contribution >= 0.6 is 0 Å². The van der Waals surface area contributed by atoms with Crippen molar-refractivity contribution in [3.63, 3.8) is 0 Å². The second-order valence-electron chi connectivity index (χ2n) is 3.35. The van der Waals surface area contributed by atoms with Crippen LogP contribution in [0.1, 0.15) is 25.7 Å². The van der Waals surface area contributed by atoms with E-state index in [0.29, 0.717) is 6.04 Å². The van der Waals surface area contributed by atoms with Gasteiger partial charge < -0.3 is 15.4 Å². The molecule has 0 spiro atoms. The highest BCUT2D eigenvalue weighted by atomic mass is 16.3. The first-order valence-electron chi connectivity index (χ1n) is 4.30. The van der Waals surface area contributed by atoms with E-state index in [0.717, 1.165) is 25.7 Å². The predicted octanol–water partition coefficient (Wildman–Crippen LogP) is -0.0102. The summed E-state index contributed by atoms with van der Waals surface area (Å²) in [4.78, 5) is 0. The zero-order valence-corrected chi connectivity index (χ0v) is 6.95. The Morgan fingerprint density at radius 2 is 1.82 bits per heavy atom. The molecule has 1 aliphatic carbocycles. The van der Waals surface area contributed by atoms with Gasteiger partial charge in [0.1, 0.15) is 0 Å². The second kappa shape index (κ2) is 4.09. The van der Waals surface area contributed by atoms with Crippen molar-refractivity contribution in [3.05, 3.63) is 0 Å². The molecule has 3 nitrogen and oxygen atoms in total. The third-order valence-corrected chi connectivity index (χ3v) is 2.17. The summed E-state index contributed by atoms with van der Waals surface area (Å²) in [6, 6.07) is 0.401. The van der Waals surface area contributed by atoms with Gasteiger partial charge in [0, 0.05) is 0 Å². The van der Waals surface area contributed by atoms with Gasteiger partial charge in [0.2, 0.25) is 0 Å². The molecule has 1 rings (SSSR count). The summed E-state index contributed by atoms with van der Waals surface area (Å²) in [7, 11) is -0.421. The van der Waals surface area contributed by atoms with Gasteiger partial charge in [-0.15, -0.1) is 0 Å². The smallest absolute Gasteiger partial charge is 0.373 e. The van der Waals surface area contributed by atoms with E-state index in [1.165, 1.54) is 0 Å². The maximum absolute atomic E-state index is 9.17. The number of nitrogens with one attached hydrogen (secondary N) is 1. The Kier molecular flexibility index (Phi) is 3.36. The van der Waals surface area contributed by atoms with E-state index in [1.54, 1.807) is 6.82 Å². The minimum absolute atomic E-state index is 0.109. The number of aliphatic hydroxyl groups is 1. The molecule has 0 amide bonds. The maximum atomic E-state index is 9.17. The molecular formula is C7H16BNO2. The monoisotopic (exact) mass is 157 g/mol. The van der Waals surface area contributed by atoms with Gasteiger partial charge in [-0.2, -0.15) is 0 Å². The van der Waals surface area contributed by atoms with Crippen LogP contribution in [-0.4, -0.2) is 29.3 Å². The van der Waals surface area contributed by atoms with Gasteiger partial charge in [-0.1, -0.05) is 0 Å². The first kappa shape index (κ1) is 9.04. The lowest BCUT2D eigenvalue weighted by molar-refractivity contribution is 0.120. The van der Waals surface area contributed by atoms with Crippen molar-refractivity contribution in [2.75, 3.05) is 0 Å². The van der Waals surface area contributed by atoms with Crippen LogP contribution in [0.2, 0.25) is 6.82 Å². The van der Waals surface area contributed by atoms with E-state index in [2.05, 4.69) is 5.23 Å². The standard InChI is InChI=1S/C7H16BNO2/c1-8(11)9-6-2-4-7(10)5-3-6/h6-7,9-11H,2-5H2,1H3. The van der Waals surface area contributed by atoms with Crippen LogP contribution in [0.4, 0.5) is 0 Å². The lowest BCUT2D eigenvalue weighted by Crippen LogP contribution is -2.42. The Balaban J connectivity index is 2.17. The Morgan fingerprint density at radius 1 is 1.27 bits per heavy atom. The van der Waals surface area contributed by atoms with Crippen LogP contribution in [-0.2, 0) is 0 Å². The minimum atomic E-state index is -0.421. The van der Waals surface area contributed by atoms with Crippen molar-refractivity contribution < 1.29 is 10.1 Å². The Hall–Kier alpha value is -0.0551. The average molecular weight is 157 g/mol. The van der Waals surface area contributed by atoms with E-state index in [-0.39, 0.29) is 6.10 Å². The van der Waals surface area contributed by atoms with Crippen molar-refractivity contribution >= 4 is 7.05 Å². The van der Waals surface area contributed by atoms with Crippen LogP contribution in [0, 0.1) is 0 Å². The van der Waals surface area contributed by atoms with Crippen LogP contribution in [0.5, 0.6) is 0 Å². The number of aliphatic hydroxyl groups excluding tert-OH is 1. The van der Waals surface area contributed by atoms with Gasteiger partial charge in [0.25, 0.3) is 0 Å². The Labute approximate surface area is 67.9 Å². The number of rotatable bonds is 2. The molecule has 0 aromatic rings. The zero-order valence-electron chi connectivity index (χ0n) is 6.95. The molecule has 3 N–H and O–H groups in total. The Bertz CT molecular complexity index is 113. The first-order valence-corrected chi connectivity index (χ1v) is 4.30. The maximum Gasteiger partial charge on any atom is 0.373 e. The topological polar surface area (TPSA) is 52.5 Å². The van der Waals surface area contributed by atoms with Gasteiger partial charge in [-0.05, 0) is 38.5 Å². The molecule has 1 saturated carbocycles. The quantitative estimate of drug-likeness (QED) is 0.494.